The highest BCUT2D eigenvalue weighted by Gasteiger charge is 2.50. The Morgan fingerprint density at radius 1 is 0.375 bits per heavy atom. The fraction of sp³-hybridized carbons (Fsp3) is 0.106. The van der Waals surface area contributed by atoms with Gasteiger partial charge in [0.25, 0.3) is 0 Å². The highest BCUT2D eigenvalue weighted by Crippen LogP contribution is 2.64. The van der Waals surface area contributed by atoms with Crippen LogP contribution < -0.4 is 4.90 Å². The summed E-state index contributed by atoms with van der Waals surface area (Å²) in [5.74, 6) is 0. The molecule has 228 valence electrons. The third kappa shape index (κ3) is 3.56. The first-order valence-electron chi connectivity index (χ1n) is 17.0. The molecule has 48 heavy (non-hydrogen) atoms. The van der Waals surface area contributed by atoms with Gasteiger partial charge >= 0.3 is 0 Å². The second kappa shape index (κ2) is 9.69. The second-order valence-electron chi connectivity index (χ2n) is 14.3. The lowest BCUT2D eigenvalue weighted by atomic mass is 9.69. The lowest BCUT2D eigenvalue weighted by molar-refractivity contribution is 0.659. The molecule has 0 bridgehead atoms. The summed E-state index contributed by atoms with van der Waals surface area (Å²) in [6.07, 6.45) is 0. The van der Waals surface area contributed by atoms with E-state index in [9.17, 15) is 0 Å². The molecule has 1 unspecified atom stereocenters. The smallest absolute Gasteiger partial charge is 0.0512 e. The summed E-state index contributed by atoms with van der Waals surface area (Å²) in [6.45, 7) is 7.24. The van der Waals surface area contributed by atoms with Gasteiger partial charge < -0.3 is 4.90 Å². The van der Waals surface area contributed by atoms with E-state index in [2.05, 4.69) is 183 Å². The molecule has 0 fully saturated rings. The van der Waals surface area contributed by atoms with Crippen molar-refractivity contribution in [1.29, 1.82) is 0 Å². The maximum atomic E-state index is 2.55. The summed E-state index contributed by atoms with van der Waals surface area (Å²) in [4.78, 5) is 2.50. The summed E-state index contributed by atoms with van der Waals surface area (Å²) in [7, 11) is 0. The number of hydrogen-bond donors (Lipinski definition) is 0. The van der Waals surface area contributed by atoms with Gasteiger partial charge in [0.05, 0.1) is 11.4 Å². The quantitative estimate of drug-likeness (QED) is 0.192. The Kier molecular flexibility index (Phi) is 5.54. The Hall–Kier alpha value is -5.66. The van der Waals surface area contributed by atoms with E-state index in [4.69, 9.17) is 0 Å². The molecule has 1 aliphatic heterocycles. The van der Waals surface area contributed by atoms with Crippen molar-refractivity contribution in [2.75, 3.05) is 4.90 Å². The molecular formula is C47H35N. The van der Waals surface area contributed by atoms with Gasteiger partial charge in [0.1, 0.15) is 0 Å². The van der Waals surface area contributed by atoms with E-state index in [0.29, 0.717) is 0 Å². The zero-order valence-electron chi connectivity index (χ0n) is 27.5. The normalized spacial score (nSPS) is 17.3. The van der Waals surface area contributed by atoms with Gasteiger partial charge in [0.15, 0.2) is 0 Å². The SMILES string of the molecule is CC1(C)c2ccccc2-c2cc3c(cc21)-c1cccc2c1C3(C)c1cc(-c3ccccc3)ccc1N2c1ccc(-c2ccccc2)cc1. The van der Waals surface area contributed by atoms with Crippen molar-refractivity contribution < 1.29 is 0 Å². The Labute approximate surface area is 282 Å². The second-order valence-corrected chi connectivity index (χ2v) is 14.3. The van der Waals surface area contributed by atoms with Crippen LogP contribution in [0.1, 0.15) is 48.6 Å². The zero-order valence-corrected chi connectivity index (χ0v) is 27.5. The molecule has 2 aliphatic carbocycles. The Morgan fingerprint density at radius 3 is 1.71 bits per heavy atom. The first kappa shape index (κ1) is 27.5. The van der Waals surface area contributed by atoms with Crippen molar-refractivity contribution >= 4 is 17.1 Å². The molecule has 7 aromatic carbocycles. The van der Waals surface area contributed by atoms with Crippen molar-refractivity contribution in [2.24, 2.45) is 0 Å². The average Bonchev–Trinajstić information content (AvgIpc) is 3.53. The lowest BCUT2D eigenvalue weighted by Crippen LogP contribution is -2.32. The Balaban J connectivity index is 1.24. The molecule has 7 aromatic rings. The van der Waals surface area contributed by atoms with Crippen LogP contribution in [0.25, 0.3) is 44.5 Å². The van der Waals surface area contributed by atoms with Gasteiger partial charge in [-0.2, -0.15) is 0 Å². The van der Waals surface area contributed by atoms with Gasteiger partial charge in [-0.15, -0.1) is 0 Å². The first-order chi connectivity index (χ1) is 23.4. The van der Waals surface area contributed by atoms with Gasteiger partial charge in [0, 0.05) is 16.5 Å². The maximum Gasteiger partial charge on any atom is 0.0512 e. The van der Waals surface area contributed by atoms with E-state index in [0.717, 1.165) is 0 Å². The minimum Gasteiger partial charge on any atom is -0.310 e. The van der Waals surface area contributed by atoms with Crippen LogP contribution in [0.15, 0.2) is 158 Å². The molecule has 10 rings (SSSR count). The Morgan fingerprint density at radius 2 is 0.958 bits per heavy atom. The lowest BCUT2D eigenvalue weighted by Gasteiger charge is -2.42. The molecular weight excluding hydrogens is 579 g/mol. The van der Waals surface area contributed by atoms with E-state index in [1.807, 2.05) is 0 Å². The largest absolute Gasteiger partial charge is 0.310 e. The van der Waals surface area contributed by atoms with Gasteiger partial charge in [-0.1, -0.05) is 129 Å². The zero-order chi connectivity index (χ0) is 32.2. The molecule has 1 nitrogen and oxygen atoms in total. The summed E-state index contributed by atoms with van der Waals surface area (Å²) in [5, 5.41) is 0. The van der Waals surface area contributed by atoms with E-state index in [-0.39, 0.29) is 10.8 Å². The molecule has 0 aromatic heterocycles. The summed E-state index contributed by atoms with van der Waals surface area (Å²) in [5.41, 5.74) is 20.7. The fourth-order valence-corrected chi connectivity index (χ4v) is 9.06. The van der Waals surface area contributed by atoms with E-state index >= 15 is 0 Å². The standard InChI is InChI=1S/C47H35N/c1-46(2)39-19-11-10-17-35(39)37-29-41-38(28-40(37)46)36-18-12-20-44-45(36)47(41,3)42-27-33(31-15-8-5-9-16-31)23-26-43(42)48(44)34-24-21-32(22-25-34)30-13-6-4-7-14-30/h4-29H,1-3H3. The first-order valence-corrected chi connectivity index (χ1v) is 17.0. The van der Waals surface area contributed by atoms with Crippen LogP contribution in [0, 0.1) is 0 Å². The van der Waals surface area contributed by atoms with Gasteiger partial charge in [-0.05, 0) is 122 Å². The molecule has 3 aliphatic rings. The molecule has 0 spiro atoms. The minimum absolute atomic E-state index is 0.0528. The van der Waals surface area contributed by atoms with Crippen LogP contribution in [0.4, 0.5) is 17.1 Å². The monoisotopic (exact) mass is 613 g/mol. The highest BCUT2D eigenvalue weighted by molar-refractivity contribution is 5.99. The number of benzene rings is 7. The minimum atomic E-state index is -0.321. The molecule has 1 heteroatoms. The third-order valence-electron chi connectivity index (χ3n) is 11.4. The molecule has 0 amide bonds. The number of rotatable bonds is 3. The summed E-state index contributed by atoms with van der Waals surface area (Å²) < 4.78 is 0. The van der Waals surface area contributed by atoms with E-state index in [1.54, 1.807) is 0 Å². The van der Waals surface area contributed by atoms with Crippen molar-refractivity contribution in [1.82, 2.24) is 0 Å². The number of anilines is 3. The fourth-order valence-electron chi connectivity index (χ4n) is 9.06. The predicted octanol–water partition coefficient (Wildman–Crippen LogP) is 12.4. The van der Waals surface area contributed by atoms with Crippen molar-refractivity contribution in [2.45, 2.75) is 31.6 Å². The summed E-state index contributed by atoms with van der Waals surface area (Å²) in [6, 6.07) is 58.7. The van der Waals surface area contributed by atoms with Gasteiger partial charge in [-0.25, -0.2) is 0 Å². The topological polar surface area (TPSA) is 3.24 Å². The van der Waals surface area contributed by atoms with Crippen LogP contribution in [0.3, 0.4) is 0 Å². The number of hydrogen-bond acceptors (Lipinski definition) is 1. The molecule has 0 saturated heterocycles. The van der Waals surface area contributed by atoms with Crippen LogP contribution in [0.5, 0.6) is 0 Å². The van der Waals surface area contributed by atoms with Crippen LogP contribution >= 0.6 is 0 Å². The van der Waals surface area contributed by atoms with E-state index < -0.39 is 0 Å². The molecule has 1 atom stereocenters. The molecule has 1 heterocycles. The average molecular weight is 614 g/mol. The van der Waals surface area contributed by atoms with Crippen molar-refractivity contribution in [3.8, 4) is 44.5 Å². The van der Waals surface area contributed by atoms with Crippen LogP contribution in [-0.4, -0.2) is 0 Å². The van der Waals surface area contributed by atoms with Crippen molar-refractivity contribution in [3.63, 3.8) is 0 Å². The number of nitrogens with zero attached hydrogens (tertiary/aromatic N) is 1. The van der Waals surface area contributed by atoms with Crippen LogP contribution in [0.2, 0.25) is 0 Å². The summed E-state index contributed by atoms with van der Waals surface area (Å²) >= 11 is 0. The van der Waals surface area contributed by atoms with Crippen LogP contribution in [-0.2, 0) is 10.8 Å². The molecule has 0 radical (unpaired) electrons. The van der Waals surface area contributed by atoms with Gasteiger partial charge in [-0.3, -0.25) is 0 Å². The third-order valence-corrected chi connectivity index (χ3v) is 11.4. The van der Waals surface area contributed by atoms with Gasteiger partial charge in [0.2, 0.25) is 0 Å². The predicted molar refractivity (Wildman–Crippen MR) is 201 cm³/mol. The highest BCUT2D eigenvalue weighted by atomic mass is 15.2. The Bertz CT molecular complexity index is 2420. The maximum absolute atomic E-state index is 2.55. The van der Waals surface area contributed by atoms with Crippen molar-refractivity contribution in [3.05, 3.63) is 186 Å². The molecule has 0 N–H and O–H groups in total. The number of fused-ring (bicyclic) bond motifs is 8. The van der Waals surface area contributed by atoms with E-state index in [1.165, 1.54) is 89.4 Å². The molecule has 0 saturated carbocycles.